The van der Waals surface area contributed by atoms with Gasteiger partial charge in [-0.3, -0.25) is 14.5 Å². The highest BCUT2D eigenvalue weighted by Gasteiger charge is 2.49. The van der Waals surface area contributed by atoms with Crippen molar-refractivity contribution in [3.63, 3.8) is 0 Å². The number of aldehydes is 1. The SMILES string of the molecule is COc1ccc(C2CN(CC(=O)OCC=O)CC2(C)C(C)O)c(OC(C2CC2)C2CC2)c1. The summed E-state index contributed by atoms with van der Waals surface area (Å²) < 4.78 is 17.1. The third-order valence-corrected chi connectivity index (χ3v) is 7.45. The van der Waals surface area contributed by atoms with Gasteiger partial charge in [0.1, 0.15) is 24.2 Å². The van der Waals surface area contributed by atoms with Crippen molar-refractivity contribution < 1.29 is 28.9 Å². The fourth-order valence-corrected chi connectivity index (χ4v) is 5.08. The summed E-state index contributed by atoms with van der Waals surface area (Å²) >= 11 is 0. The molecule has 0 aromatic heterocycles. The summed E-state index contributed by atoms with van der Waals surface area (Å²) in [5.74, 6) is 2.39. The molecule has 0 amide bonds. The van der Waals surface area contributed by atoms with Gasteiger partial charge >= 0.3 is 5.97 Å². The first kappa shape index (κ1) is 23.1. The minimum atomic E-state index is -0.582. The molecule has 0 radical (unpaired) electrons. The van der Waals surface area contributed by atoms with E-state index in [1.165, 1.54) is 25.7 Å². The van der Waals surface area contributed by atoms with Crippen LogP contribution >= 0.6 is 0 Å². The Morgan fingerprint density at radius 1 is 1.28 bits per heavy atom. The van der Waals surface area contributed by atoms with Crippen LogP contribution in [0.2, 0.25) is 0 Å². The van der Waals surface area contributed by atoms with E-state index in [2.05, 4.69) is 6.92 Å². The zero-order chi connectivity index (χ0) is 22.9. The van der Waals surface area contributed by atoms with Crippen LogP contribution in [0.15, 0.2) is 18.2 Å². The lowest BCUT2D eigenvalue weighted by Gasteiger charge is -2.35. The molecular formula is C25H35NO6. The molecule has 1 aromatic rings. The average Bonchev–Trinajstić information content (AvgIpc) is 3.69. The van der Waals surface area contributed by atoms with E-state index in [-0.39, 0.29) is 25.2 Å². The van der Waals surface area contributed by atoms with Crippen molar-refractivity contribution in [1.82, 2.24) is 4.90 Å². The number of methoxy groups -OCH3 is 1. The third-order valence-electron chi connectivity index (χ3n) is 7.45. The molecule has 1 aliphatic heterocycles. The number of benzene rings is 1. The van der Waals surface area contributed by atoms with E-state index in [0.29, 0.717) is 31.2 Å². The number of rotatable bonds is 11. The molecule has 3 aliphatic rings. The quantitative estimate of drug-likeness (QED) is 0.414. The predicted octanol–water partition coefficient (Wildman–Crippen LogP) is 2.79. The Morgan fingerprint density at radius 2 is 1.97 bits per heavy atom. The number of ether oxygens (including phenoxy) is 3. The average molecular weight is 446 g/mol. The van der Waals surface area contributed by atoms with E-state index in [4.69, 9.17) is 14.2 Å². The standard InChI is InChI=1S/C25H35NO6/c1-16(28)25(2)15-26(14-23(29)31-11-10-27)13-21(25)20-9-8-19(30-3)12-22(20)32-24(17-4-5-17)18-6-7-18/h8-10,12,16-18,21,24,28H,4-7,11,13-15H2,1-3H3. The van der Waals surface area contributed by atoms with Crippen LogP contribution in [0.3, 0.4) is 0 Å². The van der Waals surface area contributed by atoms with Crippen molar-refractivity contribution in [1.29, 1.82) is 0 Å². The first-order valence-corrected chi connectivity index (χ1v) is 11.7. The topological polar surface area (TPSA) is 85.3 Å². The number of hydrogen-bond donors (Lipinski definition) is 1. The van der Waals surface area contributed by atoms with Crippen molar-refractivity contribution in [2.45, 2.75) is 57.7 Å². The number of likely N-dealkylation sites (tertiary alicyclic amines) is 1. The normalized spacial score (nSPS) is 26.7. The molecule has 0 spiro atoms. The minimum absolute atomic E-state index is 0.0265. The highest BCUT2D eigenvalue weighted by Crippen LogP contribution is 2.51. The van der Waals surface area contributed by atoms with Gasteiger partial charge in [0.2, 0.25) is 0 Å². The summed E-state index contributed by atoms with van der Waals surface area (Å²) in [5.41, 5.74) is 0.580. The van der Waals surface area contributed by atoms with E-state index in [1.54, 1.807) is 7.11 Å². The Bertz CT molecular complexity index is 822. The van der Waals surface area contributed by atoms with Gasteiger partial charge in [0.05, 0.1) is 19.8 Å². The van der Waals surface area contributed by atoms with E-state index < -0.39 is 17.5 Å². The zero-order valence-electron chi connectivity index (χ0n) is 19.3. The summed E-state index contributed by atoms with van der Waals surface area (Å²) in [6, 6.07) is 5.95. The number of carbonyl (C=O) groups is 2. The molecule has 1 heterocycles. The lowest BCUT2D eigenvalue weighted by Crippen LogP contribution is -2.38. The second-order valence-electron chi connectivity index (χ2n) is 9.91. The summed E-state index contributed by atoms with van der Waals surface area (Å²) in [7, 11) is 1.65. The smallest absolute Gasteiger partial charge is 0.320 e. The summed E-state index contributed by atoms with van der Waals surface area (Å²) in [4.78, 5) is 24.6. The molecule has 3 unspecified atom stereocenters. The maximum Gasteiger partial charge on any atom is 0.320 e. The fourth-order valence-electron chi connectivity index (χ4n) is 5.08. The van der Waals surface area contributed by atoms with Crippen molar-refractivity contribution in [3.8, 4) is 11.5 Å². The zero-order valence-corrected chi connectivity index (χ0v) is 19.3. The van der Waals surface area contributed by atoms with Crippen molar-refractivity contribution >= 4 is 12.3 Å². The number of nitrogens with zero attached hydrogens (tertiary/aromatic N) is 1. The van der Waals surface area contributed by atoms with Crippen LogP contribution in [0.5, 0.6) is 11.5 Å². The van der Waals surface area contributed by atoms with Gasteiger partial charge in [0, 0.05) is 30.5 Å². The molecule has 176 valence electrons. The molecule has 7 heteroatoms. The first-order valence-electron chi connectivity index (χ1n) is 11.7. The van der Waals surface area contributed by atoms with Crippen LogP contribution in [0, 0.1) is 17.3 Å². The van der Waals surface area contributed by atoms with Gasteiger partial charge in [-0.2, -0.15) is 0 Å². The van der Waals surface area contributed by atoms with Gasteiger partial charge in [0.25, 0.3) is 0 Å². The second-order valence-corrected chi connectivity index (χ2v) is 9.91. The number of esters is 1. The van der Waals surface area contributed by atoms with E-state index >= 15 is 0 Å². The monoisotopic (exact) mass is 445 g/mol. The molecule has 1 N–H and O–H groups in total. The highest BCUT2D eigenvalue weighted by atomic mass is 16.5. The lowest BCUT2D eigenvalue weighted by atomic mass is 9.72. The summed E-state index contributed by atoms with van der Waals surface area (Å²) in [6.07, 6.45) is 5.15. The molecule has 3 fully saturated rings. The predicted molar refractivity (Wildman–Crippen MR) is 119 cm³/mol. The van der Waals surface area contributed by atoms with Crippen LogP contribution < -0.4 is 9.47 Å². The van der Waals surface area contributed by atoms with Gasteiger partial charge in [-0.25, -0.2) is 0 Å². The van der Waals surface area contributed by atoms with Crippen LogP contribution in [0.25, 0.3) is 0 Å². The van der Waals surface area contributed by atoms with Crippen LogP contribution in [-0.2, 0) is 14.3 Å². The largest absolute Gasteiger partial charge is 0.497 e. The van der Waals surface area contributed by atoms with Crippen LogP contribution in [-0.4, -0.2) is 67.8 Å². The molecule has 32 heavy (non-hydrogen) atoms. The van der Waals surface area contributed by atoms with Gasteiger partial charge in [-0.05, 0) is 56.1 Å². The molecule has 1 saturated heterocycles. The van der Waals surface area contributed by atoms with Crippen LogP contribution in [0.1, 0.15) is 51.0 Å². The molecule has 1 aromatic carbocycles. The fraction of sp³-hybridized carbons (Fsp3) is 0.680. The van der Waals surface area contributed by atoms with E-state index in [1.807, 2.05) is 30.0 Å². The van der Waals surface area contributed by atoms with Gasteiger partial charge in [-0.15, -0.1) is 0 Å². The Labute approximate surface area is 190 Å². The minimum Gasteiger partial charge on any atom is -0.497 e. The number of aliphatic hydroxyl groups excluding tert-OH is 1. The number of carbonyl (C=O) groups excluding carboxylic acids is 2. The van der Waals surface area contributed by atoms with Gasteiger partial charge in [-0.1, -0.05) is 13.0 Å². The number of hydrogen-bond acceptors (Lipinski definition) is 7. The molecular weight excluding hydrogens is 410 g/mol. The highest BCUT2D eigenvalue weighted by molar-refractivity contribution is 5.73. The van der Waals surface area contributed by atoms with E-state index in [9.17, 15) is 14.7 Å². The molecule has 2 aliphatic carbocycles. The molecule has 7 nitrogen and oxygen atoms in total. The lowest BCUT2D eigenvalue weighted by molar-refractivity contribution is -0.146. The van der Waals surface area contributed by atoms with E-state index in [0.717, 1.165) is 17.1 Å². The molecule has 4 rings (SSSR count). The first-order chi connectivity index (χ1) is 15.4. The summed E-state index contributed by atoms with van der Waals surface area (Å²) in [6.45, 7) is 4.87. The Kier molecular flexibility index (Phi) is 6.77. The van der Waals surface area contributed by atoms with Crippen LogP contribution in [0.4, 0.5) is 0 Å². The van der Waals surface area contributed by atoms with Crippen molar-refractivity contribution in [3.05, 3.63) is 23.8 Å². The van der Waals surface area contributed by atoms with Gasteiger partial charge in [0.15, 0.2) is 6.29 Å². The maximum atomic E-state index is 12.1. The Hall–Kier alpha value is -2.12. The molecule has 3 atom stereocenters. The van der Waals surface area contributed by atoms with Crippen molar-refractivity contribution in [2.75, 3.05) is 33.4 Å². The maximum absolute atomic E-state index is 12.1. The van der Waals surface area contributed by atoms with Gasteiger partial charge < -0.3 is 19.3 Å². The second kappa shape index (κ2) is 9.40. The Morgan fingerprint density at radius 3 is 2.53 bits per heavy atom. The molecule has 2 saturated carbocycles. The third kappa shape index (κ3) is 4.94. The number of aliphatic hydroxyl groups is 1. The van der Waals surface area contributed by atoms with Crippen molar-refractivity contribution in [2.24, 2.45) is 17.3 Å². The molecule has 0 bridgehead atoms. The summed E-state index contributed by atoms with van der Waals surface area (Å²) in [5, 5.41) is 10.8. The Balaban J connectivity index is 1.60.